The molecule has 2 aliphatic carbocycles. The minimum absolute atomic E-state index is 0.0330. The van der Waals surface area contributed by atoms with Crippen LogP contribution >= 0.6 is 0 Å². The molecular weight excluding hydrogens is 640 g/mol. The Labute approximate surface area is 301 Å². The molecule has 11 heteroatoms. The van der Waals surface area contributed by atoms with Crippen molar-refractivity contribution in [1.82, 2.24) is 10.6 Å². The average molecular weight is 709 g/mol. The van der Waals surface area contributed by atoms with Gasteiger partial charge in [-0.15, -0.1) is 0 Å². The number of allylic oxidation sites excluding steroid dienone is 1. The summed E-state index contributed by atoms with van der Waals surface area (Å²) in [6, 6.07) is 0. The molecule has 0 radical (unpaired) electrons. The van der Waals surface area contributed by atoms with Gasteiger partial charge in [0.2, 0.25) is 5.91 Å². The van der Waals surface area contributed by atoms with Crippen LogP contribution in [0.1, 0.15) is 104 Å². The molecule has 0 aromatic heterocycles. The summed E-state index contributed by atoms with van der Waals surface area (Å²) in [6.45, 7) is 10.6. The van der Waals surface area contributed by atoms with Crippen LogP contribution in [0.2, 0.25) is 0 Å². The first kappa shape index (κ1) is 43.9. The number of aliphatic hydroxyl groups excluding tert-OH is 3. The van der Waals surface area contributed by atoms with Gasteiger partial charge in [0, 0.05) is 57.6 Å². The number of carbonyl (C=O) groups is 2. The van der Waals surface area contributed by atoms with E-state index in [0.717, 1.165) is 71.2 Å². The summed E-state index contributed by atoms with van der Waals surface area (Å²) in [5.41, 5.74) is 0.492. The minimum atomic E-state index is -0.597. The van der Waals surface area contributed by atoms with Gasteiger partial charge in [0.1, 0.15) is 5.60 Å². The zero-order valence-corrected chi connectivity index (χ0v) is 31.2. The Morgan fingerprint density at radius 3 is 2.18 bits per heavy atom. The second-order valence-electron chi connectivity index (χ2n) is 14.7. The average Bonchev–Trinajstić information content (AvgIpc) is 3.84. The monoisotopic (exact) mass is 708 g/mol. The van der Waals surface area contributed by atoms with Gasteiger partial charge in [0.25, 0.3) is 0 Å². The lowest BCUT2D eigenvalue weighted by atomic mass is 9.77. The molecule has 0 aromatic carbocycles. The molecule has 0 bridgehead atoms. The van der Waals surface area contributed by atoms with Crippen molar-refractivity contribution in [3.8, 4) is 0 Å². The Morgan fingerprint density at radius 2 is 1.50 bits per heavy atom. The Bertz CT molecular complexity index is 1020. The van der Waals surface area contributed by atoms with Crippen molar-refractivity contribution < 1.29 is 43.9 Å². The molecule has 2 rings (SSSR count). The van der Waals surface area contributed by atoms with Crippen molar-refractivity contribution in [3.05, 3.63) is 36.0 Å². The van der Waals surface area contributed by atoms with Crippen LogP contribution in [-0.2, 0) is 23.7 Å². The number of carbonyl (C=O) groups excluding carboxylic acids is 2. The maximum Gasteiger partial charge on any atom is 0.407 e. The van der Waals surface area contributed by atoms with E-state index in [9.17, 15) is 19.8 Å². The molecule has 2 amide bonds. The lowest BCUT2D eigenvalue weighted by Gasteiger charge is -2.32. The van der Waals surface area contributed by atoms with Gasteiger partial charge < -0.3 is 44.9 Å². The number of unbranched alkanes of at least 4 members (excludes halogenated alkanes) is 2. The fourth-order valence-corrected chi connectivity index (χ4v) is 5.97. The summed E-state index contributed by atoms with van der Waals surface area (Å²) >= 11 is 0. The highest BCUT2D eigenvalue weighted by Crippen LogP contribution is 2.51. The second-order valence-corrected chi connectivity index (χ2v) is 14.7. The van der Waals surface area contributed by atoms with Gasteiger partial charge in [-0.1, -0.05) is 36.8 Å². The van der Waals surface area contributed by atoms with Crippen LogP contribution in [0.15, 0.2) is 36.0 Å². The molecule has 0 aromatic rings. The Morgan fingerprint density at radius 1 is 0.820 bits per heavy atom. The molecule has 3 unspecified atom stereocenters. The first-order valence-electron chi connectivity index (χ1n) is 19.0. The van der Waals surface area contributed by atoms with Crippen LogP contribution in [-0.4, -0.2) is 105 Å². The molecular formula is C39H68N2O9. The van der Waals surface area contributed by atoms with Crippen LogP contribution in [0, 0.1) is 17.3 Å². The summed E-state index contributed by atoms with van der Waals surface area (Å²) in [5.74, 6) is -0.499. The molecule has 50 heavy (non-hydrogen) atoms. The van der Waals surface area contributed by atoms with Gasteiger partial charge in [0.15, 0.2) is 0 Å². The number of amides is 2. The minimum Gasteiger partial charge on any atom is -0.444 e. The highest BCUT2D eigenvalue weighted by Gasteiger charge is 2.41. The van der Waals surface area contributed by atoms with E-state index in [-0.39, 0.29) is 31.0 Å². The van der Waals surface area contributed by atoms with E-state index in [1.54, 1.807) is 0 Å². The Hall–Kier alpha value is -2.28. The number of hydrogen-bond donors (Lipinski definition) is 5. The summed E-state index contributed by atoms with van der Waals surface area (Å²) in [7, 11) is 0. The molecule has 2 aliphatic rings. The van der Waals surface area contributed by atoms with Crippen LogP contribution in [0.5, 0.6) is 0 Å². The van der Waals surface area contributed by atoms with E-state index in [2.05, 4.69) is 22.8 Å². The number of ether oxygens (including phenoxy) is 4. The molecule has 0 aliphatic heterocycles. The third kappa shape index (κ3) is 20.5. The van der Waals surface area contributed by atoms with Gasteiger partial charge in [-0.2, -0.15) is 0 Å². The molecule has 5 N–H and O–H groups in total. The van der Waals surface area contributed by atoms with E-state index in [1.807, 2.05) is 39.0 Å². The molecule has 3 atom stereocenters. The zero-order chi connectivity index (χ0) is 36.5. The molecule has 1 saturated carbocycles. The number of rotatable bonds is 28. The third-order valence-electron chi connectivity index (χ3n) is 9.13. The molecule has 11 nitrogen and oxygen atoms in total. The van der Waals surface area contributed by atoms with Crippen molar-refractivity contribution in [2.75, 3.05) is 65.9 Å². The molecule has 0 spiro atoms. The largest absolute Gasteiger partial charge is 0.444 e. The van der Waals surface area contributed by atoms with Crippen LogP contribution in [0.3, 0.4) is 0 Å². The molecule has 0 heterocycles. The second kappa shape index (κ2) is 25.6. The van der Waals surface area contributed by atoms with Gasteiger partial charge in [-0.3, -0.25) is 4.79 Å². The SMILES string of the molecule is CC(C)(C)OC(=O)NCCCNC(=O)C1=CC(C=CCCO)C(O)C(CCCCOCCOCCC2(CCOCCC=CCCCO)CC2)C1. The van der Waals surface area contributed by atoms with E-state index < -0.39 is 17.8 Å². The van der Waals surface area contributed by atoms with Crippen LogP contribution in [0.4, 0.5) is 4.79 Å². The number of hydrogen-bond acceptors (Lipinski definition) is 9. The highest BCUT2D eigenvalue weighted by molar-refractivity contribution is 5.93. The Kier molecular flexibility index (Phi) is 22.5. The maximum absolute atomic E-state index is 13.0. The molecule has 0 saturated heterocycles. The van der Waals surface area contributed by atoms with E-state index in [0.29, 0.717) is 63.2 Å². The first-order chi connectivity index (χ1) is 24.1. The number of aliphatic hydroxyl groups is 3. The highest BCUT2D eigenvalue weighted by atomic mass is 16.6. The van der Waals surface area contributed by atoms with Crippen molar-refractivity contribution in [3.63, 3.8) is 0 Å². The first-order valence-corrected chi connectivity index (χ1v) is 19.0. The quantitative estimate of drug-likeness (QED) is 0.0532. The van der Waals surface area contributed by atoms with Gasteiger partial charge in [-0.25, -0.2) is 4.79 Å². The number of alkyl carbamates (subject to hydrolysis) is 1. The fraction of sp³-hybridized carbons (Fsp3) is 0.795. The number of nitrogens with one attached hydrogen (secondary N) is 2. The van der Waals surface area contributed by atoms with Crippen LogP contribution in [0.25, 0.3) is 0 Å². The van der Waals surface area contributed by atoms with Crippen LogP contribution < -0.4 is 10.6 Å². The third-order valence-corrected chi connectivity index (χ3v) is 9.13. The predicted octanol–water partition coefficient (Wildman–Crippen LogP) is 5.38. The molecule has 1 fully saturated rings. The lowest BCUT2D eigenvalue weighted by molar-refractivity contribution is -0.118. The standard InChI is InChI=1S/C39H68N2O9/c1-38(2,3)50-37(46)41-21-13-20-40-36(45)34-30-32(14-7-10-23-43)35(44)33(31-34)15-8-12-25-48-28-29-49-27-19-39(16-17-39)18-26-47-24-11-6-4-5-9-22-42/h4,6-7,14,30,32-33,35,42-44H,5,8-13,15-29,31H2,1-3H3,(H,40,45)(H,41,46). The zero-order valence-electron chi connectivity index (χ0n) is 31.2. The van der Waals surface area contributed by atoms with Crippen molar-refractivity contribution >= 4 is 12.0 Å². The van der Waals surface area contributed by atoms with Gasteiger partial charge >= 0.3 is 6.09 Å². The van der Waals surface area contributed by atoms with Crippen molar-refractivity contribution in [2.45, 2.75) is 116 Å². The summed E-state index contributed by atoms with van der Waals surface area (Å²) in [5, 5.41) is 34.7. The predicted molar refractivity (Wildman–Crippen MR) is 196 cm³/mol. The van der Waals surface area contributed by atoms with Crippen molar-refractivity contribution in [1.29, 1.82) is 0 Å². The van der Waals surface area contributed by atoms with E-state index in [1.165, 1.54) is 12.8 Å². The topological polar surface area (TPSA) is 156 Å². The summed E-state index contributed by atoms with van der Waals surface area (Å²) < 4.78 is 22.7. The van der Waals surface area contributed by atoms with E-state index in [4.69, 9.17) is 24.1 Å². The van der Waals surface area contributed by atoms with Gasteiger partial charge in [0.05, 0.1) is 25.9 Å². The van der Waals surface area contributed by atoms with Gasteiger partial charge in [-0.05, 0) is 109 Å². The normalized spacial score (nSPS) is 20.3. The Balaban J connectivity index is 1.59. The fourth-order valence-electron chi connectivity index (χ4n) is 5.97. The lowest BCUT2D eigenvalue weighted by Crippen LogP contribution is -2.37. The maximum atomic E-state index is 13.0. The molecule has 288 valence electrons. The van der Waals surface area contributed by atoms with E-state index >= 15 is 0 Å². The summed E-state index contributed by atoms with van der Waals surface area (Å²) in [4.78, 5) is 24.8. The van der Waals surface area contributed by atoms with Crippen molar-refractivity contribution in [2.24, 2.45) is 17.3 Å². The smallest absolute Gasteiger partial charge is 0.407 e. The summed E-state index contributed by atoms with van der Waals surface area (Å²) in [6.07, 6.45) is 20.2.